The summed E-state index contributed by atoms with van der Waals surface area (Å²) in [6.07, 6.45) is -0.0309. The van der Waals surface area contributed by atoms with Crippen molar-refractivity contribution in [3.8, 4) is 5.75 Å². The third-order valence-corrected chi connectivity index (χ3v) is 8.20. The van der Waals surface area contributed by atoms with E-state index >= 15 is 0 Å². The molecule has 0 bridgehead atoms. The molecule has 1 N–H and O–H groups in total. The summed E-state index contributed by atoms with van der Waals surface area (Å²) >= 11 is 6.08. The maximum atomic E-state index is 13.7. The van der Waals surface area contributed by atoms with Gasteiger partial charge in [-0.15, -0.1) is 0 Å². The number of carbonyl (C=O) groups is 1. The molecule has 10 heteroatoms. The van der Waals surface area contributed by atoms with E-state index in [2.05, 4.69) is 4.90 Å². The Kier molecular flexibility index (Phi) is 8.47. The fourth-order valence-corrected chi connectivity index (χ4v) is 4.55. The van der Waals surface area contributed by atoms with Gasteiger partial charge >= 0.3 is 0 Å². The first-order valence-electron chi connectivity index (χ1n) is 11.4. The zero-order valence-corrected chi connectivity index (χ0v) is 22.0. The van der Waals surface area contributed by atoms with Gasteiger partial charge in [0.05, 0.1) is 4.75 Å². The average molecular weight is 527 g/mol. The van der Waals surface area contributed by atoms with Crippen LogP contribution in [0.25, 0.3) is 0 Å². The van der Waals surface area contributed by atoms with E-state index in [4.69, 9.17) is 16.3 Å². The highest BCUT2D eigenvalue weighted by Gasteiger charge is 2.34. The van der Waals surface area contributed by atoms with Gasteiger partial charge in [0.25, 0.3) is 16.0 Å². The monoisotopic (exact) mass is 526 g/mol. The lowest BCUT2D eigenvalue weighted by molar-refractivity contribution is -0.135. The van der Waals surface area contributed by atoms with Gasteiger partial charge in [-0.05, 0) is 80.6 Å². The minimum atomic E-state index is -4.31. The van der Waals surface area contributed by atoms with E-state index in [1.807, 2.05) is 13.0 Å². The zero-order valence-electron chi connectivity index (χ0n) is 20.5. The lowest BCUT2D eigenvalue weighted by Crippen LogP contribution is -2.49. The summed E-state index contributed by atoms with van der Waals surface area (Å²) in [7, 11) is -4.31. The van der Waals surface area contributed by atoms with Crippen molar-refractivity contribution in [3.63, 3.8) is 0 Å². The van der Waals surface area contributed by atoms with Crippen LogP contribution < -0.4 is 4.74 Å². The van der Waals surface area contributed by atoms with E-state index in [0.717, 1.165) is 11.1 Å². The molecule has 1 aliphatic heterocycles. The summed E-state index contributed by atoms with van der Waals surface area (Å²) < 4.78 is 51.0. The topological polar surface area (TPSA) is 87.2 Å². The molecular formula is C25H32ClFN2O5S. The minimum Gasteiger partial charge on any atom is -0.483 e. The number of hydrogen-bond acceptors (Lipinski definition) is 5. The largest absolute Gasteiger partial charge is 0.483 e. The molecule has 2 aromatic rings. The van der Waals surface area contributed by atoms with Crippen molar-refractivity contribution < 1.29 is 26.9 Å². The molecule has 3 rings (SSSR count). The van der Waals surface area contributed by atoms with Gasteiger partial charge in [-0.25, -0.2) is 4.39 Å². The van der Waals surface area contributed by atoms with Gasteiger partial charge in [0.15, 0.2) is 6.61 Å². The van der Waals surface area contributed by atoms with Crippen molar-refractivity contribution in [2.24, 2.45) is 0 Å². The molecule has 0 aromatic heterocycles. The van der Waals surface area contributed by atoms with E-state index in [1.165, 1.54) is 13.8 Å². The number of benzene rings is 2. The molecule has 1 aliphatic rings. The average Bonchev–Trinajstić information content (AvgIpc) is 2.76. The Labute approximate surface area is 211 Å². The van der Waals surface area contributed by atoms with Crippen LogP contribution in [-0.2, 0) is 27.9 Å². The van der Waals surface area contributed by atoms with Crippen LogP contribution in [0.1, 0.15) is 36.1 Å². The van der Waals surface area contributed by atoms with Crippen LogP contribution in [-0.4, -0.2) is 66.2 Å². The van der Waals surface area contributed by atoms with E-state index in [0.29, 0.717) is 54.6 Å². The third-order valence-electron chi connectivity index (χ3n) is 6.42. The Bertz CT molecular complexity index is 1190. The Hall–Kier alpha value is -2.20. The summed E-state index contributed by atoms with van der Waals surface area (Å²) in [5.74, 6) is -0.0271. The van der Waals surface area contributed by atoms with E-state index < -0.39 is 14.9 Å². The SMILES string of the molecule is Cc1cc(CN2CCN(C(=O)COc3ccc(Cl)cc3CC(C)(C)S(=O)(=O)O)CC2)c(C)cc1F. The first kappa shape index (κ1) is 27.4. The molecule has 0 spiro atoms. The molecule has 1 saturated heterocycles. The first-order valence-corrected chi connectivity index (χ1v) is 13.2. The van der Waals surface area contributed by atoms with Gasteiger partial charge in [-0.3, -0.25) is 14.2 Å². The molecule has 192 valence electrons. The van der Waals surface area contributed by atoms with Crippen molar-refractivity contribution in [1.82, 2.24) is 9.80 Å². The zero-order chi connectivity index (χ0) is 26.0. The van der Waals surface area contributed by atoms with Crippen LogP contribution in [0.15, 0.2) is 30.3 Å². The number of nitrogens with zero attached hydrogens (tertiary/aromatic N) is 2. The predicted octanol–water partition coefficient (Wildman–Crippen LogP) is 4.03. The third kappa shape index (κ3) is 6.94. The number of halogens is 2. The maximum Gasteiger partial charge on any atom is 0.270 e. The second kappa shape index (κ2) is 10.8. The molecule has 0 unspecified atom stereocenters. The number of hydrogen-bond donors (Lipinski definition) is 1. The molecule has 0 saturated carbocycles. The van der Waals surface area contributed by atoms with Crippen molar-refractivity contribution >= 4 is 27.6 Å². The summed E-state index contributed by atoms with van der Waals surface area (Å²) in [5.41, 5.74) is 3.10. The molecule has 2 aromatic carbocycles. The molecule has 1 fully saturated rings. The molecule has 35 heavy (non-hydrogen) atoms. The van der Waals surface area contributed by atoms with Crippen LogP contribution in [0, 0.1) is 19.7 Å². The van der Waals surface area contributed by atoms with Crippen molar-refractivity contribution in [3.05, 3.63) is 63.4 Å². The van der Waals surface area contributed by atoms with Gasteiger partial charge in [0.2, 0.25) is 0 Å². The van der Waals surface area contributed by atoms with E-state index in [1.54, 1.807) is 36.1 Å². The minimum absolute atomic E-state index is 0.0309. The fraction of sp³-hybridized carbons (Fsp3) is 0.480. The van der Waals surface area contributed by atoms with Crippen LogP contribution in [0.4, 0.5) is 4.39 Å². The maximum absolute atomic E-state index is 13.7. The van der Waals surface area contributed by atoms with Gasteiger partial charge in [-0.2, -0.15) is 8.42 Å². The van der Waals surface area contributed by atoms with Gasteiger partial charge < -0.3 is 9.64 Å². The fourth-order valence-electron chi connectivity index (χ4n) is 4.01. The molecular weight excluding hydrogens is 495 g/mol. The van der Waals surface area contributed by atoms with Crippen molar-refractivity contribution in [1.29, 1.82) is 0 Å². The molecule has 1 heterocycles. The lowest BCUT2D eigenvalue weighted by Gasteiger charge is -2.35. The quantitative estimate of drug-likeness (QED) is 0.523. The molecule has 0 atom stereocenters. The number of rotatable bonds is 8. The van der Waals surface area contributed by atoms with Gasteiger partial charge in [0, 0.05) is 37.7 Å². The summed E-state index contributed by atoms with van der Waals surface area (Å²) in [5, 5.41) is 0.396. The Morgan fingerprint density at radius 2 is 1.74 bits per heavy atom. The lowest BCUT2D eigenvalue weighted by atomic mass is 10.0. The van der Waals surface area contributed by atoms with Crippen molar-refractivity contribution in [2.75, 3.05) is 32.8 Å². The van der Waals surface area contributed by atoms with Gasteiger partial charge in [0.1, 0.15) is 11.6 Å². The predicted molar refractivity (Wildman–Crippen MR) is 134 cm³/mol. The number of carbonyl (C=O) groups excluding carboxylic acids is 1. The van der Waals surface area contributed by atoms with Crippen molar-refractivity contribution in [2.45, 2.75) is 45.4 Å². The molecule has 0 radical (unpaired) electrons. The van der Waals surface area contributed by atoms with Crippen LogP contribution >= 0.6 is 11.6 Å². The van der Waals surface area contributed by atoms with Crippen LogP contribution in [0.2, 0.25) is 5.02 Å². The normalized spacial score (nSPS) is 15.3. The van der Waals surface area contributed by atoms with E-state index in [9.17, 15) is 22.2 Å². The second-order valence-corrected chi connectivity index (χ2v) is 12.1. The first-order chi connectivity index (χ1) is 16.3. The highest BCUT2D eigenvalue weighted by atomic mass is 35.5. The number of aryl methyl sites for hydroxylation is 2. The summed E-state index contributed by atoms with van der Waals surface area (Å²) in [6.45, 7) is 9.45. The Morgan fingerprint density at radius 3 is 2.37 bits per heavy atom. The smallest absolute Gasteiger partial charge is 0.270 e. The Balaban J connectivity index is 1.57. The standard InChI is InChI=1S/C25H32ClFN2O5S/c1-17-12-22(27)18(2)11-20(17)15-28-7-9-29(10-8-28)24(30)16-34-23-6-5-21(26)13-19(23)14-25(3,4)35(31,32)33/h5-6,11-13H,7-10,14-16H2,1-4H3,(H,31,32,33). The highest BCUT2D eigenvalue weighted by Crippen LogP contribution is 2.30. The summed E-state index contributed by atoms with van der Waals surface area (Å²) in [6, 6.07) is 8.21. The molecule has 0 aliphatic carbocycles. The highest BCUT2D eigenvalue weighted by molar-refractivity contribution is 7.87. The summed E-state index contributed by atoms with van der Waals surface area (Å²) in [4.78, 5) is 16.7. The number of ether oxygens (including phenoxy) is 1. The number of amides is 1. The number of piperazine rings is 1. The Morgan fingerprint density at radius 1 is 1.09 bits per heavy atom. The van der Waals surface area contributed by atoms with Gasteiger partial charge in [-0.1, -0.05) is 17.7 Å². The molecule has 7 nitrogen and oxygen atoms in total. The molecule has 1 amide bonds. The van der Waals surface area contributed by atoms with Crippen LogP contribution in [0.3, 0.4) is 0 Å². The van der Waals surface area contributed by atoms with E-state index in [-0.39, 0.29) is 24.8 Å². The van der Waals surface area contributed by atoms with Crippen LogP contribution in [0.5, 0.6) is 5.75 Å². The second-order valence-electron chi connectivity index (χ2n) is 9.64.